The molecule has 14 atom stereocenters. The highest BCUT2D eigenvalue weighted by Crippen LogP contribution is 2.76. The Hall–Kier alpha value is -3.03. The quantitative estimate of drug-likeness (QED) is 0.0909. The summed E-state index contributed by atoms with van der Waals surface area (Å²) in [6.07, 6.45) is 3.20. The van der Waals surface area contributed by atoms with Crippen LogP contribution in [0.1, 0.15) is 148 Å². The Kier molecular flexibility index (Phi) is 13.9. The summed E-state index contributed by atoms with van der Waals surface area (Å²) in [5.41, 5.74) is -0.0830. The molecule has 0 radical (unpaired) electrons. The van der Waals surface area contributed by atoms with Gasteiger partial charge in [-0.2, -0.15) is 0 Å². The van der Waals surface area contributed by atoms with Crippen LogP contribution < -0.4 is 0 Å². The second kappa shape index (κ2) is 17.4. The van der Waals surface area contributed by atoms with Crippen molar-refractivity contribution >= 4 is 29.8 Å². The van der Waals surface area contributed by atoms with Crippen LogP contribution in [-0.2, 0) is 57.1 Å². The van der Waals surface area contributed by atoms with Gasteiger partial charge in [0.2, 0.25) is 0 Å². The van der Waals surface area contributed by atoms with Crippen molar-refractivity contribution in [3.8, 4) is 0 Å². The average molecular weight is 833 g/mol. The highest BCUT2D eigenvalue weighted by atomic mass is 16.7. The topological polar surface area (TPSA) is 170 Å². The molecule has 4 aliphatic carbocycles. The van der Waals surface area contributed by atoms with Crippen LogP contribution in [0.25, 0.3) is 0 Å². The van der Waals surface area contributed by atoms with Gasteiger partial charge in [0.05, 0.1) is 11.7 Å². The van der Waals surface area contributed by atoms with Crippen LogP contribution in [0.4, 0.5) is 0 Å². The molecule has 1 saturated heterocycles. The van der Waals surface area contributed by atoms with E-state index in [0.717, 1.165) is 44.9 Å². The third-order valence-corrected chi connectivity index (χ3v) is 15.7. The first kappa shape index (κ1) is 47.0. The maximum absolute atomic E-state index is 12.8. The number of aliphatic hydroxyl groups is 1. The molecule has 1 N–H and O–H groups in total. The van der Waals surface area contributed by atoms with Gasteiger partial charge in [0.25, 0.3) is 0 Å². The van der Waals surface area contributed by atoms with Crippen molar-refractivity contribution in [2.24, 2.45) is 45.3 Å². The second-order valence-electron chi connectivity index (χ2n) is 20.4. The average Bonchev–Trinajstić information content (AvgIpc) is 3.46. The largest absolute Gasteiger partial charge is 0.463 e. The third kappa shape index (κ3) is 9.42. The summed E-state index contributed by atoms with van der Waals surface area (Å²) in [5.74, 6) is -1.99. The van der Waals surface area contributed by atoms with Crippen LogP contribution in [0.5, 0.6) is 0 Å². The molecule has 13 heteroatoms. The normalized spacial score (nSPS) is 40.4. The Morgan fingerprint density at radius 3 is 1.86 bits per heavy atom. The van der Waals surface area contributed by atoms with Crippen molar-refractivity contribution in [3.63, 3.8) is 0 Å². The van der Waals surface area contributed by atoms with E-state index in [1.807, 2.05) is 13.8 Å². The molecule has 0 aromatic rings. The summed E-state index contributed by atoms with van der Waals surface area (Å²) < 4.78 is 42.0. The lowest BCUT2D eigenvalue weighted by Crippen LogP contribution is -2.67. The zero-order chi connectivity index (χ0) is 44.0. The smallest absolute Gasteiger partial charge is 0.303 e. The molecule has 5 aliphatic rings. The van der Waals surface area contributed by atoms with Crippen molar-refractivity contribution < 1.29 is 62.2 Å². The summed E-state index contributed by atoms with van der Waals surface area (Å²) in [6, 6.07) is 0. The van der Waals surface area contributed by atoms with E-state index >= 15 is 0 Å². The molecule has 0 unspecified atom stereocenters. The van der Waals surface area contributed by atoms with Crippen LogP contribution in [0.15, 0.2) is 11.6 Å². The monoisotopic (exact) mass is 832 g/mol. The van der Waals surface area contributed by atoms with Gasteiger partial charge in [-0.05, 0) is 118 Å². The van der Waals surface area contributed by atoms with Crippen LogP contribution >= 0.6 is 0 Å². The molecule has 1 heterocycles. The minimum Gasteiger partial charge on any atom is -0.463 e. The standard InChI is InChI=1S/C46H72O13/c1-25(15-14-19-42(7,8)52)31-16-21-46(13)37(31)32(54-27(3)48)23-35-44(11)20-18-36(43(9,10)34(44)17-22-45(35,46)12)59-41-40(57-30(6)51)39(56-29(5)50)38(55-28(4)49)33(58-41)24-53-26(2)47/h15,31-41,52H,14,16-24H2,1-13H3/b25-15-/t31-,32-,33-,34+,35-,36+,37+,38-,39+,40-,41+,44+,45-,46-/m1/s1. The molecule has 59 heavy (non-hydrogen) atoms. The molecule has 0 aromatic heterocycles. The predicted octanol–water partition coefficient (Wildman–Crippen LogP) is 7.18. The molecule has 4 saturated carbocycles. The first-order valence-corrected chi connectivity index (χ1v) is 21.8. The van der Waals surface area contributed by atoms with E-state index in [4.69, 9.17) is 33.2 Å². The van der Waals surface area contributed by atoms with Crippen molar-refractivity contribution in [2.45, 2.75) is 196 Å². The summed E-state index contributed by atoms with van der Waals surface area (Å²) >= 11 is 0. The number of hydrogen-bond acceptors (Lipinski definition) is 13. The summed E-state index contributed by atoms with van der Waals surface area (Å²) in [7, 11) is 0. The second-order valence-corrected chi connectivity index (χ2v) is 20.4. The fourth-order valence-electron chi connectivity index (χ4n) is 13.1. The third-order valence-electron chi connectivity index (χ3n) is 15.7. The molecule has 0 spiro atoms. The highest BCUT2D eigenvalue weighted by molar-refractivity contribution is 5.69. The van der Waals surface area contributed by atoms with Crippen molar-refractivity contribution in [1.82, 2.24) is 0 Å². The van der Waals surface area contributed by atoms with E-state index in [2.05, 4.69) is 47.6 Å². The number of ether oxygens (including phenoxy) is 7. The number of carbonyl (C=O) groups is 5. The van der Waals surface area contributed by atoms with Gasteiger partial charge < -0.3 is 38.3 Å². The SMILES string of the molecule is CC(=O)OC[C@H]1O[C@@H](O[C@H]2CC[C@]3(C)[C@H]4C[C@@H](OC(C)=O)[C@@H]5[C@@H](/C(C)=C\CCC(C)(C)O)CC[C@@]5(C)[C@]4(C)CC[C@H]3C2(C)C)[C@H](OC(C)=O)[C@@H](OC(C)=O)[C@@H]1OC(C)=O. The molecule has 0 bridgehead atoms. The lowest BCUT2D eigenvalue weighted by atomic mass is 9.35. The maximum atomic E-state index is 12.8. The lowest BCUT2D eigenvalue weighted by molar-refractivity contribution is -0.334. The molecule has 0 amide bonds. The number of carbonyl (C=O) groups excluding carboxylic acids is 5. The van der Waals surface area contributed by atoms with Gasteiger partial charge in [-0.3, -0.25) is 24.0 Å². The lowest BCUT2D eigenvalue weighted by Gasteiger charge is -2.70. The van der Waals surface area contributed by atoms with E-state index in [0.29, 0.717) is 12.8 Å². The van der Waals surface area contributed by atoms with Gasteiger partial charge in [0.1, 0.15) is 18.8 Å². The summed E-state index contributed by atoms with van der Waals surface area (Å²) in [4.78, 5) is 62.1. The zero-order valence-electron chi connectivity index (χ0n) is 37.8. The molecular formula is C46H72O13. The number of allylic oxidation sites excluding steroid dienone is 2. The van der Waals surface area contributed by atoms with Crippen LogP contribution in [-0.4, -0.2) is 90.1 Å². The van der Waals surface area contributed by atoms with E-state index in [1.54, 1.807) is 0 Å². The van der Waals surface area contributed by atoms with Crippen LogP contribution in [0, 0.1) is 45.3 Å². The molecule has 1 aliphatic heterocycles. The van der Waals surface area contributed by atoms with Crippen molar-refractivity contribution in [2.75, 3.05) is 6.61 Å². The zero-order valence-corrected chi connectivity index (χ0v) is 37.8. The Bertz CT molecular complexity index is 1630. The first-order valence-electron chi connectivity index (χ1n) is 21.8. The van der Waals surface area contributed by atoms with Crippen LogP contribution in [0.2, 0.25) is 0 Å². The molecular weight excluding hydrogens is 760 g/mol. The van der Waals surface area contributed by atoms with Gasteiger partial charge in [0.15, 0.2) is 24.6 Å². The van der Waals surface area contributed by atoms with Gasteiger partial charge in [-0.1, -0.05) is 46.3 Å². The number of fused-ring (bicyclic) bond motifs is 5. The Labute approximate surface area is 351 Å². The maximum Gasteiger partial charge on any atom is 0.303 e. The van der Waals surface area contributed by atoms with Gasteiger partial charge >= 0.3 is 29.8 Å². The minimum absolute atomic E-state index is 0.0225. The van der Waals surface area contributed by atoms with Crippen molar-refractivity contribution in [1.29, 1.82) is 0 Å². The predicted molar refractivity (Wildman–Crippen MR) is 216 cm³/mol. The van der Waals surface area contributed by atoms with E-state index < -0.39 is 71.7 Å². The Morgan fingerprint density at radius 1 is 0.712 bits per heavy atom. The summed E-state index contributed by atoms with van der Waals surface area (Å²) in [5, 5.41) is 10.4. The number of rotatable bonds is 12. The fourth-order valence-corrected chi connectivity index (χ4v) is 13.1. The van der Waals surface area contributed by atoms with Crippen LogP contribution in [0.3, 0.4) is 0 Å². The van der Waals surface area contributed by atoms with E-state index in [-0.39, 0.29) is 58.6 Å². The number of esters is 5. The Morgan fingerprint density at radius 2 is 1.29 bits per heavy atom. The van der Waals surface area contributed by atoms with Gasteiger partial charge in [-0.15, -0.1) is 0 Å². The van der Waals surface area contributed by atoms with Gasteiger partial charge in [0, 0.05) is 40.5 Å². The number of hydrogen-bond donors (Lipinski definition) is 1. The van der Waals surface area contributed by atoms with E-state index in [1.165, 1.54) is 40.2 Å². The highest BCUT2D eigenvalue weighted by Gasteiger charge is 2.71. The minimum atomic E-state index is -1.31. The molecule has 334 valence electrons. The van der Waals surface area contributed by atoms with Crippen molar-refractivity contribution in [3.05, 3.63) is 11.6 Å². The molecule has 5 fully saturated rings. The molecule has 0 aromatic carbocycles. The fraction of sp³-hybridized carbons (Fsp3) is 0.848. The first-order chi connectivity index (χ1) is 27.2. The molecule has 13 nitrogen and oxygen atoms in total. The van der Waals surface area contributed by atoms with Gasteiger partial charge in [-0.25, -0.2) is 0 Å². The summed E-state index contributed by atoms with van der Waals surface area (Å²) in [6.45, 7) is 23.8. The van der Waals surface area contributed by atoms with E-state index in [9.17, 15) is 29.1 Å². The Balaban J connectivity index is 1.46. The molecule has 5 rings (SSSR count).